The van der Waals surface area contributed by atoms with Gasteiger partial charge in [0.15, 0.2) is 12.6 Å². The fourth-order valence-electron chi connectivity index (χ4n) is 2.15. The molecule has 4 heteroatoms. The van der Waals surface area contributed by atoms with Gasteiger partial charge in [0.1, 0.15) is 0 Å². The first-order valence-corrected chi connectivity index (χ1v) is 7.06. The molecule has 0 aromatic heterocycles. The van der Waals surface area contributed by atoms with E-state index in [0.717, 1.165) is 38.9 Å². The van der Waals surface area contributed by atoms with Crippen LogP contribution in [0.1, 0.15) is 38.5 Å². The van der Waals surface area contributed by atoms with Gasteiger partial charge in [0, 0.05) is 13.2 Å². The summed E-state index contributed by atoms with van der Waals surface area (Å²) in [6, 6.07) is 0. The summed E-state index contributed by atoms with van der Waals surface area (Å²) < 4.78 is 22.1. The van der Waals surface area contributed by atoms with Gasteiger partial charge in [-0.15, -0.1) is 0 Å². The maximum atomic E-state index is 5.58. The molecule has 2 atom stereocenters. The molecule has 2 rings (SSSR count). The first-order valence-electron chi connectivity index (χ1n) is 7.06. The molecule has 0 N–H and O–H groups in total. The summed E-state index contributed by atoms with van der Waals surface area (Å²) in [5.74, 6) is 0. The average Bonchev–Trinajstić information content (AvgIpc) is 2.45. The summed E-state index contributed by atoms with van der Waals surface area (Å²) in [5, 5.41) is 0. The number of hydrogen-bond acceptors (Lipinski definition) is 4. The van der Waals surface area contributed by atoms with E-state index >= 15 is 0 Å². The highest BCUT2D eigenvalue weighted by atomic mass is 16.7. The van der Waals surface area contributed by atoms with E-state index in [1.165, 1.54) is 12.8 Å². The van der Waals surface area contributed by atoms with E-state index in [1.54, 1.807) is 0 Å². The second kappa shape index (κ2) is 8.64. The third kappa shape index (κ3) is 5.48. The monoisotopic (exact) mass is 256 g/mol. The van der Waals surface area contributed by atoms with Crippen molar-refractivity contribution in [1.82, 2.24) is 0 Å². The predicted octanol–water partition coefficient (Wildman–Crippen LogP) is 2.63. The van der Waals surface area contributed by atoms with Crippen LogP contribution in [0.4, 0.5) is 0 Å². The van der Waals surface area contributed by atoms with E-state index in [0.29, 0.717) is 13.2 Å². The maximum absolute atomic E-state index is 5.58. The zero-order valence-corrected chi connectivity index (χ0v) is 11.0. The molecule has 2 saturated heterocycles. The van der Waals surface area contributed by atoms with Gasteiger partial charge in [-0.3, -0.25) is 0 Å². The molecule has 2 heterocycles. The summed E-state index contributed by atoms with van der Waals surface area (Å²) in [5.41, 5.74) is 0. The molecule has 0 radical (unpaired) electrons. The molecule has 104 valence electrons. The third-order valence-electron chi connectivity index (χ3n) is 3.20. The Morgan fingerprint density at radius 1 is 0.778 bits per heavy atom. The molecule has 2 aliphatic rings. The van der Waals surface area contributed by atoms with Crippen molar-refractivity contribution in [3.63, 3.8) is 0 Å². The molecule has 18 heavy (non-hydrogen) atoms. The summed E-state index contributed by atoms with van der Waals surface area (Å²) in [6.07, 6.45) is 10.7. The normalized spacial score (nSPS) is 29.8. The van der Waals surface area contributed by atoms with E-state index in [2.05, 4.69) is 0 Å². The molecule has 2 fully saturated rings. The molecule has 0 aliphatic carbocycles. The van der Waals surface area contributed by atoms with E-state index < -0.39 is 0 Å². The van der Waals surface area contributed by atoms with Crippen LogP contribution >= 0.6 is 0 Å². The first kappa shape index (κ1) is 14.0. The Hall–Kier alpha value is -0.420. The molecular formula is C14H24O4. The second-order valence-electron chi connectivity index (χ2n) is 4.73. The van der Waals surface area contributed by atoms with E-state index in [4.69, 9.17) is 18.9 Å². The number of ether oxygens (including phenoxy) is 4. The minimum absolute atomic E-state index is 0.00834. The van der Waals surface area contributed by atoms with Crippen molar-refractivity contribution in [2.24, 2.45) is 0 Å². The Labute approximate surface area is 109 Å². The van der Waals surface area contributed by atoms with Crippen molar-refractivity contribution in [2.45, 2.75) is 51.1 Å². The SMILES string of the molecule is C(=C/COC1CCCCO1)/COC1CCCCO1. The smallest absolute Gasteiger partial charge is 0.157 e. The summed E-state index contributed by atoms with van der Waals surface area (Å²) >= 11 is 0. The van der Waals surface area contributed by atoms with Crippen molar-refractivity contribution in [1.29, 1.82) is 0 Å². The van der Waals surface area contributed by atoms with E-state index in [9.17, 15) is 0 Å². The topological polar surface area (TPSA) is 36.9 Å². The standard InChI is InChI=1S/C14H24O4/c1-3-9-15-13(7-1)17-11-5-6-12-18-14-8-2-4-10-16-14/h5-6,13-14H,1-4,7-12H2/b6-5-. The molecule has 2 unspecified atom stereocenters. The first-order chi connectivity index (χ1) is 8.95. The predicted molar refractivity (Wildman–Crippen MR) is 68.2 cm³/mol. The minimum Gasteiger partial charge on any atom is -0.353 e. The summed E-state index contributed by atoms with van der Waals surface area (Å²) in [6.45, 7) is 2.85. The maximum Gasteiger partial charge on any atom is 0.157 e. The molecular weight excluding hydrogens is 232 g/mol. The Bertz CT molecular complexity index is 206. The van der Waals surface area contributed by atoms with Gasteiger partial charge in [0.2, 0.25) is 0 Å². The van der Waals surface area contributed by atoms with Gasteiger partial charge >= 0.3 is 0 Å². The molecule has 2 aliphatic heterocycles. The Morgan fingerprint density at radius 2 is 1.28 bits per heavy atom. The van der Waals surface area contributed by atoms with Gasteiger partial charge in [0.25, 0.3) is 0 Å². The van der Waals surface area contributed by atoms with Gasteiger partial charge in [-0.25, -0.2) is 0 Å². The van der Waals surface area contributed by atoms with Crippen LogP contribution in [-0.2, 0) is 18.9 Å². The lowest BCUT2D eigenvalue weighted by Crippen LogP contribution is -2.22. The molecule has 4 nitrogen and oxygen atoms in total. The van der Waals surface area contributed by atoms with Crippen molar-refractivity contribution in [3.05, 3.63) is 12.2 Å². The Morgan fingerprint density at radius 3 is 1.67 bits per heavy atom. The van der Waals surface area contributed by atoms with Crippen LogP contribution in [0.15, 0.2) is 12.2 Å². The molecule has 0 aromatic rings. The van der Waals surface area contributed by atoms with Crippen molar-refractivity contribution >= 4 is 0 Å². The van der Waals surface area contributed by atoms with Crippen LogP contribution in [0.25, 0.3) is 0 Å². The lowest BCUT2D eigenvalue weighted by atomic mass is 10.2. The van der Waals surface area contributed by atoms with Gasteiger partial charge in [-0.1, -0.05) is 12.2 Å². The van der Waals surface area contributed by atoms with Gasteiger partial charge in [-0.05, 0) is 38.5 Å². The summed E-state index contributed by atoms with van der Waals surface area (Å²) in [7, 11) is 0. The van der Waals surface area contributed by atoms with Crippen LogP contribution < -0.4 is 0 Å². The lowest BCUT2D eigenvalue weighted by molar-refractivity contribution is -0.157. The molecule has 0 aromatic carbocycles. The van der Waals surface area contributed by atoms with Crippen molar-refractivity contribution in [2.75, 3.05) is 26.4 Å². The quantitative estimate of drug-likeness (QED) is 0.685. The summed E-state index contributed by atoms with van der Waals surface area (Å²) in [4.78, 5) is 0. The van der Waals surface area contributed by atoms with Crippen LogP contribution in [0.3, 0.4) is 0 Å². The number of rotatable bonds is 6. The zero-order valence-electron chi connectivity index (χ0n) is 11.0. The van der Waals surface area contributed by atoms with Crippen molar-refractivity contribution in [3.8, 4) is 0 Å². The van der Waals surface area contributed by atoms with Gasteiger partial charge in [0.05, 0.1) is 13.2 Å². The van der Waals surface area contributed by atoms with Crippen LogP contribution in [-0.4, -0.2) is 39.0 Å². The zero-order chi connectivity index (χ0) is 12.5. The van der Waals surface area contributed by atoms with E-state index in [1.807, 2.05) is 12.2 Å². The highest BCUT2D eigenvalue weighted by molar-refractivity contribution is 4.81. The Balaban J connectivity index is 1.46. The fraction of sp³-hybridized carbons (Fsp3) is 0.857. The van der Waals surface area contributed by atoms with Crippen LogP contribution in [0.2, 0.25) is 0 Å². The third-order valence-corrected chi connectivity index (χ3v) is 3.20. The fourth-order valence-corrected chi connectivity index (χ4v) is 2.15. The minimum atomic E-state index is -0.00834. The number of hydrogen-bond donors (Lipinski definition) is 0. The van der Waals surface area contributed by atoms with Gasteiger partial charge < -0.3 is 18.9 Å². The van der Waals surface area contributed by atoms with Crippen LogP contribution in [0, 0.1) is 0 Å². The van der Waals surface area contributed by atoms with Crippen molar-refractivity contribution < 1.29 is 18.9 Å². The van der Waals surface area contributed by atoms with E-state index in [-0.39, 0.29) is 12.6 Å². The molecule has 0 bridgehead atoms. The molecule has 0 spiro atoms. The second-order valence-corrected chi connectivity index (χ2v) is 4.73. The highest BCUT2D eigenvalue weighted by Crippen LogP contribution is 2.14. The van der Waals surface area contributed by atoms with Gasteiger partial charge in [-0.2, -0.15) is 0 Å². The molecule has 0 saturated carbocycles. The van der Waals surface area contributed by atoms with Crippen LogP contribution in [0.5, 0.6) is 0 Å². The lowest BCUT2D eigenvalue weighted by Gasteiger charge is -2.22. The molecule has 0 amide bonds. The average molecular weight is 256 g/mol. The largest absolute Gasteiger partial charge is 0.353 e. The Kier molecular flexibility index (Phi) is 6.72. The highest BCUT2D eigenvalue weighted by Gasteiger charge is 2.13.